The normalized spacial score (nSPS) is 33.3. The third kappa shape index (κ3) is 1.44. The number of halogens is 3. The summed E-state index contributed by atoms with van der Waals surface area (Å²) in [5, 5.41) is 9.35. The van der Waals surface area contributed by atoms with E-state index >= 15 is 0 Å². The number of nitrogens with zero attached hydrogens (tertiary/aromatic N) is 1. The number of carbonyl (C=O) groups is 1. The molecule has 14 heavy (non-hydrogen) atoms. The summed E-state index contributed by atoms with van der Waals surface area (Å²) in [7, 11) is 0.968. The van der Waals surface area contributed by atoms with E-state index in [1.165, 1.54) is 0 Å². The number of rotatable bonds is 0. The molecule has 1 fully saturated rings. The van der Waals surface area contributed by atoms with Crippen LogP contribution in [0.4, 0.5) is 13.2 Å². The second-order valence-electron chi connectivity index (χ2n) is 3.18. The fraction of sp³-hybridized carbons (Fsp3) is 0.625. The zero-order valence-corrected chi connectivity index (χ0v) is 7.30. The standard InChI is InChI=1S/C8H8F3NO2/c1-3-7(14)4-5(8(9,10)11)12(2)6(7)13/h1,5,14H,4H2,2H3/t5-,7-/m0/s1. The SMILES string of the molecule is C#C[C@]1(O)C[C@@H](C(F)(F)F)N(C)C1=O. The maximum absolute atomic E-state index is 12.3. The van der Waals surface area contributed by atoms with E-state index in [0.29, 0.717) is 4.90 Å². The summed E-state index contributed by atoms with van der Waals surface area (Å²) in [6.45, 7) is 0. The number of carbonyl (C=O) groups excluding carboxylic acids is 1. The van der Waals surface area contributed by atoms with Crippen molar-refractivity contribution in [2.75, 3.05) is 7.05 Å². The van der Waals surface area contributed by atoms with Gasteiger partial charge < -0.3 is 10.0 Å². The van der Waals surface area contributed by atoms with Crippen molar-refractivity contribution in [2.24, 2.45) is 0 Å². The Kier molecular flexibility index (Phi) is 2.24. The van der Waals surface area contributed by atoms with Gasteiger partial charge in [-0.05, 0) is 0 Å². The van der Waals surface area contributed by atoms with Gasteiger partial charge in [-0.3, -0.25) is 4.79 Å². The largest absolute Gasteiger partial charge is 0.408 e. The summed E-state index contributed by atoms with van der Waals surface area (Å²) in [4.78, 5) is 11.6. The highest BCUT2D eigenvalue weighted by molar-refractivity contribution is 5.90. The summed E-state index contributed by atoms with van der Waals surface area (Å²) in [5.74, 6) is 0.606. The fourth-order valence-electron chi connectivity index (χ4n) is 1.39. The quantitative estimate of drug-likeness (QED) is 0.574. The molecule has 1 saturated heterocycles. The molecule has 0 spiro atoms. The first-order chi connectivity index (χ1) is 6.22. The minimum Gasteiger partial charge on any atom is -0.369 e. The molecule has 6 heteroatoms. The Morgan fingerprint density at radius 1 is 1.71 bits per heavy atom. The Labute approximate surface area is 78.5 Å². The molecule has 0 aliphatic carbocycles. The van der Waals surface area contributed by atoms with Crippen molar-refractivity contribution in [3.63, 3.8) is 0 Å². The van der Waals surface area contributed by atoms with E-state index in [9.17, 15) is 23.1 Å². The highest BCUT2D eigenvalue weighted by Gasteiger charge is 2.57. The predicted octanol–water partition coefficient (Wildman–Crippen LogP) is 0.144. The summed E-state index contributed by atoms with van der Waals surface area (Å²) in [6, 6.07) is -2.00. The van der Waals surface area contributed by atoms with Crippen LogP contribution in [0.2, 0.25) is 0 Å². The zero-order chi connectivity index (χ0) is 11.1. The van der Waals surface area contributed by atoms with E-state index in [4.69, 9.17) is 6.42 Å². The number of terminal acetylenes is 1. The van der Waals surface area contributed by atoms with Gasteiger partial charge >= 0.3 is 6.18 Å². The third-order valence-electron chi connectivity index (χ3n) is 2.25. The van der Waals surface area contributed by atoms with Crippen LogP contribution in [0.3, 0.4) is 0 Å². The van der Waals surface area contributed by atoms with Crippen molar-refractivity contribution in [2.45, 2.75) is 24.2 Å². The lowest BCUT2D eigenvalue weighted by Crippen LogP contribution is -2.41. The van der Waals surface area contributed by atoms with E-state index in [2.05, 4.69) is 0 Å². The Morgan fingerprint density at radius 3 is 2.43 bits per heavy atom. The van der Waals surface area contributed by atoms with Crippen molar-refractivity contribution in [3.8, 4) is 12.3 Å². The number of amides is 1. The van der Waals surface area contributed by atoms with Gasteiger partial charge in [-0.1, -0.05) is 5.92 Å². The van der Waals surface area contributed by atoms with Crippen molar-refractivity contribution < 1.29 is 23.1 Å². The Bertz CT molecular complexity index is 307. The maximum Gasteiger partial charge on any atom is 0.408 e. The number of hydrogen-bond acceptors (Lipinski definition) is 2. The number of aliphatic hydroxyl groups is 1. The average molecular weight is 207 g/mol. The van der Waals surface area contributed by atoms with Gasteiger partial charge in [0.15, 0.2) is 0 Å². The number of likely N-dealkylation sites (N-methyl/N-ethyl adjacent to an activating group) is 1. The van der Waals surface area contributed by atoms with Gasteiger partial charge in [0.25, 0.3) is 5.91 Å². The first kappa shape index (κ1) is 10.9. The maximum atomic E-state index is 12.3. The molecule has 3 nitrogen and oxygen atoms in total. The minimum atomic E-state index is -4.56. The van der Waals surface area contributed by atoms with Crippen LogP contribution in [-0.2, 0) is 4.79 Å². The van der Waals surface area contributed by atoms with Crippen LogP contribution in [-0.4, -0.2) is 40.8 Å². The molecule has 1 N–H and O–H groups in total. The summed E-state index contributed by atoms with van der Waals surface area (Å²) in [5.41, 5.74) is -2.31. The molecule has 78 valence electrons. The van der Waals surface area contributed by atoms with E-state index < -0.39 is 30.1 Å². The van der Waals surface area contributed by atoms with E-state index in [-0.39, 0.29) is 0 Å². The molecule has 1 amide bonds. The number of likely N-dealkylation sites (tertiary alicyclic amines) is 1. The summed E-state index contributed by atoms with van der Waals surface area (Å²) < 4.78 is 36.9. The predicted molar refractivity (Wildman–Crippen MR) is 41.0 cm³/mol. The van der Waals surface area contributed by atoms with Crippen LogP contribution >= 0.6 is 0 Å². The second-order valence-corrected chi connectivity index (χ2v) is 3.18. The molecule has 0 radical (unpaired) electrons. The van der Waals surface area contributed by atoms with Crippen molar-refractivity contribution in [1.29, 1.82) is 0 Å². The lowest BCUT2D eigenvalue weighted by molar-refractivity contribution is -0.177. The van der Waals surface area contributed by atoms with Crippen molar-refractivity contribution in [1.82, 2.24) is 4.90 Å². The van der Waals surface area contributed by atoms with Gasteiger partial charge in [0, 0.05) is 13.5 Å². The smallest absolute Gasteiger partial charge is 0.369 e. The molecule has 1 heterocycles. The van der Waals surface area contributed by atoms with E-state index in [1.54, 1.807) is 5.92 Å². The molecule has 0 saturated carbocycles. The molecular formula is C8H8F3NO2. The van der Waals surface area contributed by atoms with Crippen LogP contribution in [0.1, 0.15) is 6.42 Å². The zero-order valence-electron chi connectivity index (χ0n) is 7.30. The van der Waals surface area contributed by atoms with E-state index in [0.717, 1.165) is 7.05 Å². The van der Waals surface area contributed by atoms with Crippen molar-refractivity contribution in [3.05, 3.63) is 0 Å². The average Bonchev–Trinajstić information content (AvgIpc) is 2.30. The fourth-order valence-corrected chi connectivity index (χ4v) is 1.39. The van der Waals surface area contributed by atoms with Crippen LogP contribution in [0, 0.1) is 12.3 Å². The first-order valence-electron chi connectivity index (χ1n) is 3.76. The van der Waals surface area contributed by atoms with Crippen LogP contribution in [0.15, 0.2) is 0 Å². The van der Waals surface area contributed by atoms with Crippen molar-refractivity contribution >= 4 is 5.91 Å². The van der Waals surface area contributed by atoms with Gasteiger partial charge in [0.05, 0.1) is 0 Å². The van der Waals surface area contributed by atoms with Gasteiger partial charge in [-0.15, -0.1) is 6.42 Å². The van der Waals surface area contributed by atoms with Gasteiger partial charge in [0.2, 0.25) is 5.60 Å². The molecule has 0 bridgehead atoms. The van der Waals surface area contributed by atoms with Gasteiger partial charge in [-0.2, -0.15) is 13.2 Å². The van der Waals surface area contributed by atoms with Crippen LogP contribution in [0.5, 0.6) is 0 Å². The van der Waals surface area contributed by atoms with Gasteiger partial charge in [-0.25, -0.2) is 0 Å². The molecule has 2 atom stereocenters. The highest BCUT2D eigenvalue weighted by atomic mass is 19.4. The summed E-state index contributed by atoms with van der Waals surface area (Å²) in [6.07, 6.45) is -0.556. The van der Waals surface area contributed by atoms with E-state index in [1.807, 2.05) is 0 Å². The molecule has 0 aromatic carbocycles. The van der Waals surface area contributed by atoms with Gasteiger partial charge in [0.1, 0.15) is 6.04 Å². The molecule has 1 aliphatic rings. The molecule has 0 aromatic heterocycles. The van der Waals surface area contributed by atoms with Crippen LogP contribution < -0.4 is 0 Å². The third-order valence-corrected chi connectivity index (χ3v) is 2.25. The molecule has 1 aliphatic heterocycles. The Hall–Kier alpha value is -1.22. The number of hydrogen-bond donors (Lipinski definition) is 1. The minimum absolute atomic E-state index is 0.430. The molecule has 0 unspecified atom stereocenters. The summed E-state index contributed by atoms with van der Waals surface area (Å²) >= 11 is 0. The molecule has 0 aromatic rings. The number of alkyl halides is 3. The lowest BCUT2D eigenvalue weighted by atomic mass is 10.0. The monoisotopic (exact) mass is 207 g/mol. The highest BCUT2D eigenvalue weighted by Crippen LogP contribution is 2.36. The first-order valence-corrected chi connectivity index (χ1v) is 3.76. The topological polar surface area (TPSA) is 40.5 Å². The van der Waals surface area contributed by atoms with Crippen LogP contribution in [0.25, 0.3) is 0 Å². The molecule has 1 rings (SSSR count). The second kappa shape index (κ2) is 2.89. The Balaban J connectivity index is 3.01. The molecular weight excluding hydrogens is 199 g/mol. The lowest BCUT2D eigenvalue weighted by Gasteiger charge is -2.21. The Morgan fingerprint density at radius 2 is 2.21 bits per heavy atom.